The minimum atomic E-state index is -1.02. The van der Waals surface area contributed by atoms with Gasteiger partial charge in [0.1, 0.15) is 18.1 Å². The zero-order chi connectivity index (χ0) is 36.3. The van der Waals surface area contributed by atoms with Gasteiger partial charge in [0.25, 0.3) is 5.91 Å². The molecule has 16 heteroatoms. The number of hydrogen-bond acceptors (Lipinski definition) is 11. The summed E-state index contributed by atoms with van der Waals surface area (Å²) in [6.07, 6.45) is 3.90. The van der Waals surface area contributed by atoms with Gasteiger partial charge in [-0.2, -0.15) is 0 Å². The molecule has 1 aromatic carbocycles. The second kappa shape index (κ2) is 17.5. The van der Waals surface area contributed by atoms with E-state index in [1.807, 2.05) is 49.1 Å². The molecule has 4 heterocycles. The lowest BCUT2D eigenvalue weighted by Crippen LogP contribution is -2.57. The number of hydrogen-bond donors (Lipinski definition) is 4. The second-order valence-electron chi connectivity index (χ2n) is 13.2. The standard InChI is InChI=1S/C35H46N10O6/c1-23(2)18-27-33(49)41-28(19-25-8-5-4-6-9-25)32(48)36-12-13-45(21-26-20-29(42-51-26)34(50)39-24(3)31(47)40-27)30(46)22-43-14-16-44(17-15-43)35-37-10-7-11-38-35/h4-11,20,23-24,27-28H,12-19,21-22H2,1-3H3,(H,36,48)(H,39,50)(H,40,47)(H,41,49)/t24-,27-,28-/m1/s1. The summed E-state index contributed by atoms with van der Waals surface area (Å²) >= 11 is 0. The molecule has 5 amide bonds. The molecule has 51 heavy (non-hydrogen) atoms. The van der Waals surface area contributed by atoms with Crippen molar-refractivity contribution in [2.24, 2.45) is 5.92 Å². The number of rotatable bonds is 7. The number of carbonyl (C=O) groups is 5. The summed E-state index contributed by atoms with van der Waals surface area (Å²) in [6, 6.07) is 9.52. The smallest absolute Gasteiger partial charge is 0.274 e. The molecule has 2 aliphatic rings. The van der Waals surface area contributed by atoms with Crippen molar-refractivity contribution in [1.82, 2.24) is 46.2 Å². The van der Waals surface area contributed by atoms with E-state index in [1.165, 1.54) is 17.9 Å². The number of aromatic nitrogens is 3. The fourth-order valence-corrected chi connectivity index (χ4v) is 5.93. The number of nitrogens with one attached hydrogen (secondary N) is 4. The van der Waals surface area contributed by atoms with Gasteiger partial charge in [0.15, 0.2) is 11.5 Å². The van der Waals surface area contributed by atoms with Gasteiger partial charge in [-0.25, -0.2) is 9.97 Å². The van der Waals surface area contributed by atoms with Crippen molar-refractivity contribution in [2.75, 3.05) is 50.7 Å². The Labute approximate surface area is 296 Å². The number of piperazine rings is 1. The van der Waals surface area contributed by atoms with Crippen LogP contribution in [0.4, 0.5) is 5.95 Å². The zero-order valence-electron chi connectivity index (χ0n) is 29.2. The summed E-state index contributed by atoms with van der Waals surface area (Å²) in [5.41, 5.74) is 0.767. The molecule has 0 radical (unpaired) electrons. The summed E-state index contributed by atoms with van der Waals surface area (Å²) in [5.74, 6) is -1.45. The predicted molar refractivity (Wildman–Crippen MR) is 186 cm³/mol. The first-order valence-corrected chi connectivity index (χ1v) is 17.3. The van der Waals surface area contributed by atoms with Gasteiger partial charge in [0, 0.05) is 64.1 Å². The van der Waals surface area contributed by atoms with Crippen LogP contribution in [0.5, 0.6) is 0 Å². The fourth-order valence-electron chi connectivity index (χ4n) is 5.93. The molecular formula is C35H46N10O6. The van der Waals surface area contributed by atoms with E-state index >= 15 is 0 Å². The average molecular weight is 703 g/mol. The van der Waals surface area contributed by atoms with E-state index in [-0.39, 0.29) is 55.9 Å². The third-order valence-electron chi connectivity index (χ3n) is 8.73. The number of fused-ring (bicyclic) bond motifs is 2. The lowest BCUT2D eigenvalue weighted by molar-refractivity contribution is -0.134. The Kier molecular flexibility index (Phi) is 12.7. The normalized spacial score (nSPS) is 21.6. The van der Waals surface area contributed by atoms with Crippen LogP contribution in [0.25, 0.3) is 0 Å². The van der Waals surface area contributed by atoms with Gasteiger partial charge in [-0.05, 0) is 30.9 Å². The predicted octanol–water partition coefficient (Wildman–Crippen LogP) is 0.122. The van der Waals surface area contributed by atoms with Crippen molar-refractivity contribution < 1.29 is 28.5 Å². The van der Waals surface area contributed by atoms with E-state index in [4.69, 9.17) is 4.52 Å². The first kappa shape index (κ1) is 36.9. The topological polar surface area (TPSA) is 195 Å². The summed E-state index contributed by atoms with van der Waals surface area (Å²) in [7, 11) is 0. The van der Waals surface area contributed by atoms with Crippen molar-refractivity contribution in [3.8, 4) is 0 Å². The fraction of sp³-hybridized carbons (Fsp3) is 0.486. The van der Waals surface area contributed by atoms with Crippen LogP contribution < -0.4 is 26.2 Å². The van der Waals surface area contributed by atoms with Crippen LogP contribution in [0.2, 0.25) is 0 Å². The van der Waals surface area contributed by atoms with E-state index < -0.39 is 41.8 Å². The maximum Gasteiger partial charge on any atom is 0.274 e. The van der Waals surface area contributed by atoms with Crippen LogP contribution in [-0.2, 0) is 32.1 Å². The first-order valence-electron chi connectivity index (χ1n) is 17.3. The number of anilines is 1. The maximum atomic E-state index is 13.7. The molecule has 0 unspecified atom stereocenters. The summed E-state index contributed by atoms with van der Waals surface area (Å²) in [5, 5.41) is 14.9. The highest BCUT2D eigenvalue weighted by molar-refractivity contribution is 5.97. The molecule has 272 valence electrons. The molecular weight excluding hydrogens is 656 g/mol. The van der Waals surface area contributed by atoms with Gasteiger partial charge in [-0.3, -0.25) is 28.9 Å². The molecule has 2 bridgehead atoms. The van der Waals surface area contributed by atoms with E-state index in [0.717, 1.165) is 5.56 Å². The Morgan fingerprint density at radius 2 is 1.59 bits per heavy atom. The average Bonchev–Trinajstić information content (AvgIpc) is 3.60. The second-order valence-corrected chi connectivity index (χ2v) is 13.2. The van der Waals surface area contributed by atoms with Gasteiger partial charge in [-0.15, -0.1) is 0 Å². The van der Waals surface area contributed by atoms with Crippen molar-refractivity contribution in [2.45, 2.75) is 58.3 Å². The first-order chi connectivity index (χ1) is 24.5. The van der Waals surface area contributed by atoms with Gasteiger partial charge < -0.3 is 35.6 Å². The highest BCUT2D eigenvalue weighted by atomic mass is 16.5. The number of amides is 5. The summed E-state index contributed by atoms with van der Waals surface area (Å²) in [6.45, 7) is 8.17. The molecule has 16 nitrogen and oxygen atoms in total. The Morgan fingerprint density at radius 3 is 2.29 bits per heavy atom. The van der Waals surface area contributed by atoms with Crippen molar-refractivity contribution >= 4 is 35.5 Å². The molecule has 2 aliphatic heterocycles. The lowest BCUT2D eigenvalue weighted by Gasteiger charge is -2.35. The van der Waals surface area contributed by atoms with Gasteiger partial charge in [0.2, 0.25) is 29.6 Å². The molecule has 0 spiro atoms. The highest BCUT2D eigenvalue weighted by Crippen LogP contribution is 2.13. The van der Waals surface area contributed by atoms with Gasteiger partial charge in [0.05, 0.1) is 13.1 Å². The van der Waals surface area contributed by atoms with Crippen molar-refractivity contribution in [3.05, 3.63) is 71.9 Å². The molecule has 1 saturated heterocycles. The van der Waals surface area contributed by atoms with Crippen LogP contribution in [0.3, 0.4) is 0 Å². The third kappa shape index (κ3) is 10.6. The minimum absolute atomic E-state index is 0.0100. The molecule has 0 saturated carbocycles. The SMILES string of the molecule is CC(C)C[C@H]1NC(=O)[C@@H](C)NC(=O)c2cc(on2)CN(C(=O)CN2CCN(c3ncccn3)CC2)CCNC(=O)[C@@H](Cc2ccccc2)NC1=O. The van der Waals surface area contributed by atoms with E-state index in [0.29, 0.717) is 38.5 Å². The van der Waals surface area contributed by atoms with Crippen LogP contribution in [0, 0.1) is 5.92 Å². The maximum absolute atomic E-state index is 13.7. The summed E-state index contributed by atoms with van der Waals surface area (Å²) in [4.78, 5) is 81.5. The monoisotopic (exact) mass is 702 g/mol. The molecule has 0 aliphatic carbocycles. The van der Waals surface area contributed by atoms with E-state index in [9.17, 15) is 24.0 Å². The van der Waals surface area contributed by atoms with Crippen LogP contribution in [0.15, 0.2) is 59.4 Å². The Balaban J connectivity index is 1.34. The number of benzene rings is 1. The highest BCUT2D eigenvalue weighted by Gasteiger charge is 2.31. The Bertz CT molecular complexity index is 1640. The minimum Gasteiger partial charge on any atom is -0.359 e. The van der Waals surface area contributed by atoms with Crippen LogP contribution >= 0.6 is 0 Å². The van der Waals surface area contributed by atoms with Crippen molar-refractivity contribution in [3.63, 3.8) is 0 Å². The quantitative estimate of drug-likeness (QED) is 0.261. The Morgan fingerprint density at radius 1 is 0.882 bits per heavy atom. The lowest BCUT2D eigenvalue weighted by atomic mass is 10.0. The van der Waals surface area contributed by atoms with E-state index in [1.54, 1.807) is 18.5 Å². The molecule has 4 N–H and O–H groups in total. The number of carbonyl (C=O) groups excluding carboxylic acids is 5. The van der Waals surface area contributed by atoms with Crippen LogP contribution in [0.1, 0.15) is 49.0 Å². The molecule has 2 aromatic heterocycles. The number of nitrogens with zero attached hydrogens (tertiary/aromatic N) is 6. The van der Waals surface area contributed by atoms with Crippen molar-refractivity contribution in [1.29, 1.82) is 0 Å². The third-order valence-corrected chi connectivity index (χ3v) is 8.73. The van der Waals surface area contributed by atoms with E-state index in [2.05, 4.69) is 41.3 Å². The Hall–Kier alpha value is -5.38. The largest absolute Gasteiger partial charge is 0.359 e. The molecule has 3 aromatic rings. The zero-order valence-corrected chi connectivity index (χ0v) is 29.2. The summed E-state index contributed by atoms with van der Waals surface area (Å²) < 4.78 is 5.44. The van der Waals surface area contributed by atoms with Gasteiger partial charge in [-0.1, -0.05) is 49.3 Å². The van der Waals surface area contributed by atoms with Crippen LogP contribution in [-0.4, -0.2) is 118 Å². The molecule has 5 rings (SSSR count). The van der Waals surface area contributed by atoms with Gasteiger partial charge >= 0.3 is 0 Å². The molecule has 1 fully saturated rings. The molecule has 3 atom stereocenters.